The van der Waals surface area contributed by atoms with Crippen LogP contribution in [0.15, 0.2) is 33.9 Å². The minimum absolute atomic E-state index is 0.00719. The summed E-state index contributed by atoms with van der Waals surface area (Å²) in [4.78, 5) is 11.2. The molecule has 8 nitrogen and oxygen atoms in total. The molecule has 1 saturated carbocycles. The van der Waals surface area contributed by atoms with Crippen molar-refractivity contribution in [2.24, 2.45) is 5.92 Å². The van der Waals surface area contributed by atoms with E-state index in [1.54, 1.807) is 18.3 Å². The van der Waals surface area contributed by atoms with Crippen LogP contribution in [-0.4, -0.2) is 58.9 Å². The fourth-order valence-corrected chi connectivity index (χ4v) is 5.45. The highest BCUT2D eigenvalue weighted by Crippen LogP contribution is 2.38. The zero-order chi connectivity index (χ0) is 18.4. The van der Waals surface area contributed by atoms with Crippen molar-refractivity contribution in [3.63, 3.8) is 0 Å². The number of nitrogens with zero attached hydrogens (tertiary/aromatic N) is 5. The lowest BCUT2D eigenvalue weighted by Gasteiger charge is -2.36. The molecule has 1 atom stereocenters. The molecule has 1 unspecified atom stereocenters. The van der Waals surface area contributed by atoms with Gasteiger partial charge in [0.15, 0.2) is 5.82 Å². The van der Waals surface area contributed by atoms with Gasteiger partial charge in [-0.25, -0.2) is 8.42 Å². The molecule has 0 N–H and O–H groups in total. The van der Waals surface area contributed by atoms with Crippen molar-refractivity contribution in [3.8, 4) is 0 Å². The Kier molecular flexibility index (Phi) is 4.25. The first-order valence-corrected chi connectivity index (χ1v) is 11.0. The lowest BCUT2D eigenvalue weighted by atomic mass is 10.0. The predicted octanol–water partition coefficient (Wildman–Crippen LogP) is 1.80. The molecule has 2 saturated heterocycles. The van der Waals surface area contributed by atoms with E-state index in [2.05, 4.69) is 20.0 Å². The fourth-order valence-electron chi connectivity index (χ4n) is 3.95. The maximum Gasteiger partial charge on any atom is 0.244 e. The molecular formula is C18H23N5O3S. The van der Waals surface area contributed by atoms with Crippen molar-refractivity contribution < 1.29 is 12.9 Å². The molecule has 27 heavy (non-hydrogen) atoms. The van der Waals surface area contributed by atoms with Crippen LogP contribution in [0.25, 0.3) is 0 Å². The normalized spacial score (nSPS) is 25.0. The second kappa shape index (κ2) is 6.65. The van der Waals surface area contributed by atoms with Crippen molar-refractivity contribution in [1.82, 2.24) is 24.3 Å². The van der Waals surface area contributed by atoms with Crippen LogP contribution in [0.2, 0.25) is 0 Å². The summed E-state index contributed by atoms with van der Waals surface area (Å²) >= 11 is 0. The number of hydrogen-bond acceptors (Lipinski definition) is 7. The number of rotatable bonds is 6. The van der Waals surface area contributed by atoms with Gasteiger partial charge in [-0.1, -0.05) is 5.16 Å². The van der Waals surface area contributed by atoms with Crippen LogP contribution in [0.5, 0.6) is 0 Å². The first kappa shape index (κ1) is 17.3. The highest BCUT2D eigenvalue weighted by molar-refractivity contribution is 7.89. The van der Waals surface area contributed by atoms with Crippen LogP contribution in [0.3, 0.4) is 0 Å². The molecular weight excluding hydrogens is 366 g/mol. The van der Waals surface area contributed by atoms with E-state index in [9.17, 15) is 8.42 Å². The summed E-state index contributed by atoms with van der Waals surface area (Å²) in [6.45, 7) is 2.99. The second-order valence-corrected chi connectivity index (χ2v) is 9.73. The number of likely N-dealkylation sites (tertiary alicyclic amines) is 1. The van der Waals surface area contributed by atoms with Crippen molar-refractivity contribution >= 4 is 10.0 Å². The molecule has 2 aromatic heterocycles. The highest BCUT2D eigenvalue weighted by Gasteiger charge is 2.41. The van der Waals surface area contributed by atoms with Crippen LogP contribution < -0.4 is 0 Å². The smallest absolute Gasteiger partial charge is 0.244 e. The second-order valence-electron chi connectivity index (χ2n) is 7.79. The van der Waals surface area contributed by atoms with Crippen molar-refractivity contribution in [3.05, 3.63) is 36.2 Å². The molecule has 3 fully saturated rings. The van der Waals surface area contributed by atoms with Gasteiger partial charge >= 0.3 is 0 Å². The third-order valence-electron chi connectivity index (χ3n) is 5.78. The Morgan fingerprint density at radius 3 is 2.81 bits per heavy atom. The molecule has 2 aromatic rings. The van der Waals surface area contributed by atoms with Gasteiger partial charge in [0.05, 0.1) is 12.0 Å². The average molecular weight is 389 g/mol. The van der Waals surface area contributed by atoms with Gasteiger partial charge in [0.2, 0.25) is 15.9 Å². The molecule has 0 radical (unpaired) electrons. The SMILES string of the molecule is O=S(=O)(c1cccnc1)N1CC(c2noc(C3CCCN3CC3CC3)n2)C1. The van der Waals surface area contributed by atoms with Crippen LogP contribution in [0.4, 0.5) is 0 Å². The standard InChI is InChI=1S/C18H23N5O3S/c24-27(25,15-3-1-7-19-9-15)23-11-14(12-23)17-20-18(26-21-17)16-4-2-8-22(16)10-13-5-6-13/h1,3,7,9,13-14,16H,2,4-6,8,10-12H2. The van der Waals surface area contributed by atoms with Gasteiger partial charge < -0.3 is 4.52 Å². The first-order valence-electron chi connectivity index (χ1n) is 9.59. The van der Waals surface area contributed by atoms with Gasteiger partial charge in [-0.3, -0.25) is 9.88 Å². The minimum Gasteiger partial charge on any atom is -0.338 e. The Balaban J connectivity index is 1.24. The summed E-state index contributed by atoms with van der Waals surface area (Å²) in [6.07, 6.45) is 7.83. The van der Waals surface area contributed by atoms with E-state index in [1.165, 1.54) is 23.3 Å². The average Bonchev–Trinajstić information content (AvgIpc) is 3.12. The Bertz CT molecular complexity index is 906. The number of pyridine rings is 1. The van der Waals surface area contributed by atoms with E-state index in [4.69, 9.17) is 4.52 Å². The topological polar surface area (TPSA) is 92.4 Å². The monoisotopic (exact) mass is 389 g/mol. The first-order chi connectivity index (χ1) is 13.1. The van der Waals surface area contributed by atoms with E-state index in [0.717, 1.165) is 31.8 Å². The lowest BCUT2D eigenvalue weighted by molar-refractivity contribution is 0.200. The summed E-state index contributed by atoms with van der Waals surface area (Å²) in [7, 11) is -3.49. The largest absolute Gasteiger partial charge is 0.338 e. The molecule has 5 rings (SSSR count). The highest BCUT2D eigenvalue weighted by atomic mass is 32.2. The molecule has 1 aliphatic carbocycles. The van der Waals surface area contributed by atoms with Crippen LogP contribution in [0, 0.1) is 5.92 Å². The lowest BCUT2D eigenvalue weighted by Crippen LogP contribution is -2.48. The van der Waals surface area contributed by atoms with E-state index in [1.807, 2.05) is 0 Å². The quantitative estimate of drug-likeness (QED) is 0.744. The van der Waals surface area contributed by atoms with E-state index < -0.39 is 10.0 Å². The zero-order valence-corrected chi connectivity index (χ0v) is 15.9. The molecule has 0 aromatic carbocycles. The number of aromatic nitrogens is 3. The van der Waals surface area contributed by atoms with Crippen molar-refractivity contribution in [2.75, 3.05) is 26.2 Å². The Labute approximate surface area is 158 Å². The van der Waals surface area contributed by atoms with Gasteiger partial charge in [0, 0.05) is 32.0 Å². The van der Waals surface area contributed by atoms with Crippen LogP contribution in [0.1, 0.15) is 49.4 Å². The van der Waals surface area contributed by atoms with Crippen molar-refractivity contribution in [2.45, 2.75) is 42.5 Å². The Morgan fingerprint density at radius 1 is 1.22 bits per heavy atom. The summed E-state index contributed by atoms with van der Waals surface area (Å²) < 4.78 is 32.2. The molecule has 3 aliphatic rings. The summed E-state index contributed by atoms with van der Waals surface area (Å²) in [5, 5.41) is 4.15. The molecule has 144 valence electrons. The molecule has 2 aliphatic heterocycles. The van der Waals surface area contributed by atoms with Gasteiger partial charge in [0.25, 0.3) is 0 Å². The van der Waals surface area contributed by atoms with Crippen molar-refractivity contribution in [1.29, 1.82) is 0 Å². The maximum absolute atomic E-state index is 12.6. The van der Waals surface area contributed by atoms with Gasteiger partial charge in [0.1, 0.15) is 4.90 Å². The number of sulfonamides is 1. The molecule has 0 amide bonds. The number of hydrogen-bond donors (Lipinski definition) is 0. The zero-order valence-electron chi connectivity index (χ0n) is 15.1. The summed E-state index contributed by atoms with van der Waals surface area (Å²) in [6, 6.07) is 3.42. The third-order valence-corrected chi connectivity index (χ3v) is 7.60. The minimum atomic E-state index is -3.49. The van der Waals surface area contributed by atoms with Gasteiger partial charge in [-0.15, -0.1) is 0 Å². The molecule has 0 spiro atoms. The molecule has 0 bridgehead atoms. The Hall–Kier alpha value is -1.84. The fraction of sp³-hybridized carbons (Fsp3) is 0.611. The predicted molar refractivity (Wildman–Crippen MR) is 96.3 cm³/mol. The summed E-state index contributed by atoms with van der Waals surface area (Å²) in [5.74, 6) is 2.15. The van der Waals surface area contributed by atoms with Gasteiger partial charge in [-0.05, 0) is 50.3 Å². The maximum atomic E-state index is 12.6. The Morgan fingerprint density at radius 2 is 2.07 bits per heavy atom. The van der Waals surface area contributed by atoms with Crippen LogP contribution >= 0.6 is 0 Å². The van der Waals surface area contributed by atoms with E-state index in [0.29, 0.717) is 24.8 Å². The van der Waals surface area contributed by atoms with E-state index in [-0.39, 0.29) is 16.9 Å². The van der Waals surface area contributed by atoms with E-state index >= 15 is 0 Å². The van der Waals surface area contributed by atoms with Crippen LogP contribution in [-0.2, 0) is 10.0 Å². The molecule has 9 heteroatoms. The third kappa shape index (κ3) is 3.28. The molecule has 4 heterocycles. The van der Waals surface area contributed by atoms with Gasteiger partial charge in [-0.2, -0.15) is 9.29 Å². The summed E-state index contributed by atoms with van der Waals surface area (Å²) in [5.41, 5.74) is 0.